The molecule has 27 heavy (non-hydrogen) atoms. The molecule has 0 bridgehead atoms. The fourth-order valence-corrected chi connectivity index (χ4v) is 3.93. The topological polar surface area (TPSA) is 37.3 Å². The van der Waals surface area contributed by atoms with Gasteiger partial charge in [0.1, 0.15) is 5.76 Å². The van der Waals surface area contributed by atoms with Crippen LogP contribution in [0.2, 0.25) is 0 Å². The molecule has 0 unspecified atom stereocenters. The summed E-state index contributed by atoms with van der Waals surface area (Å²) in [6.45, 7) is 3.08. The minimum atomic E-state index is -0.141. The van der Waals surface area contributed by atoms with Crippen molar-refractivity contribution in [1.29, 1.82) is 0 Å². The van der Waals surface area contributed by atoms with E-state index in [1.165, 1.54) is 6.92 Å². The van der Waals surface area contributed by atoms with Gasteiger partial charge in [0, 0.05) is 5.56 Å². The van der Waals surface area contributed by atoms with Gasteiger partial charge in [-0.25, -0.2) is 0 Å². The van der Waals surface area contributed by atoms with Crippen molar-refractivity contribution < 1.29 is 9.90 Å². The van der Waals surface area contributed by atoms with Crippen molar-refractivity contribution in [1.82, 2.24) is 0 Å². The molecule has 132 valence electrons. The Morgan fingerprint density at radius 3 is 1.56 bits per heavy atom. The van der Waals surface area contributed by atoms with Crippen LogP contribution in [-0.4, -0.2) is 10.9 Å². The van der Waals surface area contributed by atoms with Gasteiger partial charge in [0.25, 0.3) is 0 Å². The molecule has 4 aromatic carbocycles. The summed E-state index contributed by atoms with van der Waals surface area (Å²) in [5.41, 5.74) is 3.45. The zero-order valence-electron chi connectivity index (χ0n) is 15.4. The van der Waals surface area contributed by atoms with Crippen LogP contribution in [0, 0.1) is 0 Å². The molecule has 0 aromatic heterocycles. The lowest BCUT2D eigenvalue weighted by Gasteiger charge is -2.18. The molecule has 0 atom stereocenters. The Morgan fingerprint density at radius 1 is 0.667 bits per heavy atom. The maximum atomic E-state index is 12.4. The predicted molar refractivity (Wildman–Crippen MR) is 113 cm³/mol. The van der Waals surface area contributed by atoms with Gasteiger partial charge in [0.15, 0.2) is 5.78 Å². The quantitative estimate of drug-likeness (QED) is 0.258. The third-order valence-corrected chi connectivity index (χ3v) is 4.96. The summed E-state index contributed by atoms with van der Waals surface area (Å²) in [4.78, 5) is 12.4. The SMILES string of the molecule is CC(=O)C(=C(C)O)c1c2ccccc2c(-c2ccccc2)c2ccccc12. The first-order valence-corrected chi connectivity index (χ1v) is 8.99. The van der Waals surface area contributed by atoms with Crippen LogP contribution in [0.15, 0.2) is 84.6 Å². The monoisotopic (exact) mass is 352 g/mol. The van der Waals surface area contributed by atoms with Gasteiger partial charge in [-0.15, -0.1) is 0 Å². The summed E-state index contributed by atoms with van der Waals surface area (Å²) in [6, 6.07) is 26.5. The van der Waals surface area contributed by atoms with E-state index in [-0.39, 0.29) is 11.5 Å². The number of carbonyl (C=O) groups excluding carboxylic acids is 1. The maximum Gasteiger partial charge on any atom is 0.163 e. The third-order valence-electron chi connectivity index (χ3n) is 4.96. The first kappa shape index (κ1) is 17.0. The molecule has 0 saturated carbocycles. The van der Waals surface area contributed by atoms with Crippen molar-refractivity contribution in [2.45, 2.75) is 13.8 Å². The summed E-state index contributed by atoms with van der Waals surface area (Å²) in [5.74, 6) is -0.0944. The molecule has 0 heterocycles. The highest BCUT2D eigenvalue weighted by molar-refractivity contribution is 6.30. The number of carbonyl (C=O) groups is 1. The lowest BCUT2D eigenvalue weighted by molar-refractivity contribution is -0.111. The Labute approximate surface area is 158 Å². The highest BCUT2D eigenvalue weighted by atomic mass is 16.3. The highest BCUT2D eigenvalue weighted by Crippen LogP contribution is 2.42. The molecule has 0 radical (unpaired) electrons. The zero-order valence-corrected chi connectivity index (χ0v) is 15.4. The lowest BCUT2D eigenvalue weighted by Crippen LogP contribution is -2.02. The molecule has 4 rings (SSSR count). The lowest BCUT2D eigenvalue weighted by atomic mass is 9.85. The second-order valence-electron chi connectivity index (χ2n) is 6.72. The molecule has 0 spiro atoms. The van der Waals surface area contributed by atoms with E-state index in [4.69, 9.17) is 0 Å². The number of rotatable bonds is 3. The van der Waals surface area contributed by atoms with Crippen molar-refractivity contribution in [3.05, 3.63) is 90.2 Å². The van der Waals surface area contributed by atoms with Crippen LogP contribution in [-0.2, 0) is 4.79 Å². The summed E-state index contributed by atoms with van der Waals surface area (Å²) >= 11 is 0. The van der Waals surface area contributed by atoms with Crippen LogP contribution >= 0.6 is 0 Å². The van der Waals surface area contributed by atoms with Gasteiger partial charge in [-0.05, 0) is 46.5 Å². The number of allylic oxidation sites excluding steroid dienone is 2. The molecule has 1 N–H and O–H groups in total. The number of aliphatic hydroxyl groups excluding tert-OH is 1. The fourth-order valence-electron chi connectivity index (χ4n) is 3.93. The van der Waals surface area contributed by atoms with Gasteiger partial charge < -0.3 is 5.11 Å². The van der Waals surface area contributed by atoms with Crippen molar-refractivity contribution in [3.63, 3.8) is 0 Å². The first-order chi connectivity index (χ1) is 13.1. The molecular weight excluding hydrogens is 332 g/mol. The Balaban J connectivity index is 2.29. The van der Waals surface area contributed by atoms with Crippen molar-refractivity contribution in [3.8, 4) is 11.1 Å². The van der Waals surface area contributed by atoms with E-state index in [9.17, 15) is 9.90 Å². The van der Waals surface area contributed by atoms with Crippen LogP contribution in [0.4, 0.5) is 0 Å². The summed E-state index contributed by atoms with van der Waals surface area (Å²) in [7, 11) is 0. The van der Waals surface area contributed by atoms with Crippen molar-refractivity contribution in [2.24, 2.45) is 0 Å². The highest BCUT2D eigenvalue weighted by Gasteiger charge is 2.21. The Kier molecular flexibility index (Phi) is 4.25. The smallest absolute Gasteiger partial charge is 0.163 e. The Hall–Kier alpha value is -3.39. The molecular formula is C25H20O2. The number of benzene rings is 4. The van der Waals surface area contributed by atoms with Gasteiger partial charge in [-0.3, -0.25) is 4.79 Å². The van der Waals surface area contributed by atoms with Crippen molar-refractivity contribution >= 4 is 32.9 Å². The number of hydrogen-bond acceptors (Lipinski definition) is 2. The number of hydrogen-bond donors (Lipinski definition) is 1. The van der Waals surface area contributed by atoms with E-state index in [1.54, 1.807) is 6.92 Å². The molecule has 0 amide bonds. The Morgan fingerprint density at radius 2 is 1.11 bits per heavy atom. The van der Waals surface area contributed by atoms with E-state index < -0.39 is 0 Å². The van der Waals surface area contributed by atoms with Crippen LogP contribution in [0.5, 0.6) is 0 Å². The number of fused-ring (bicyclic) bond motifs is 2. The molecule has 0 aliphatic rings. The molecule has 0 fully saturated rings. The van der Waals surface area contributed by atoms with Crippen LogP contribution in [0.3, 0.4) is 0 Å². The third kappa shape index (κ3) is 2.80. The number of aliphatic hydroxyl groups is 1. The normalized spacial score (nSPS) is 12.2. The standard InChI is InChI=1S/C25H20O2/c1-16(26)23(17(2)27)25-21-14-8-6-12-19(21)24(18-10-4-3-5-11-18)20-13-7-9-15-22(20)25/h3-15,26H,1-2H3. The van der Waals surface area contributed by atoms with Gasteiger partial charge in [-0.1, -0.05) is 78.9 Å². The fraction of sp³-hybridized carbons (Fsp3) is 0.0800. The van der Waals surface area contributed by atoms with Crippen LogP contribution in [0.25, 0.3) is 38.2 Å². The van der Waals surface area contributed by atoms with E-state index in [2.05, 4.69) is 24.3 Å². The van der Waals surface area contributed by atoms with Gasteiger partial charge in [0.2, 0.25) is 0 Å². The minimum absolute atomic E-state index is 0.0465. The molecule has 0 aliphatic heterocycles. The largest absolute Gasteiger partial charge is 0.512 e. The zero-order chi connectivity index (χ0) is 19.0. The van der Waals surface area contributed by atoms with E-state index >= 15 is 0 Å². The average Bonchev–Trinajstić information content (AvgIpc) is 2.68. The molecule has 0 saturated heterocycles. The summed E-state index contributed by atoms with van der Waals surface area (Å²) < 4.78 is 0. The molecule has 4 aromatic rings. The first-order valence-electron chi connectivity index (χ1n) is 8.99. The van der Waals surface area contributed by atoms with Crippen LogP contribution < -0.4 is 0 Å². The summed E-state index contributed by atoms with van der Waals surface area (Å²) in [5, 5.41) is 14.4. The van der Waals surface area contributed by atoms with E-state index in [0.29, 0.717) is 5.57 Å². The molecule has 2 heteroatoms. The number of Topliss-reactive ketones (excluding diaryl/α,β-unsaturated/α-hetero) is 1. The van der Waals surface area contributed by atoms with E-state index in [1.807, 2.05) is 54.6 Å². The summed E-state index contributed by atoms with van der Waals surface area (Å²) in [6.07, 6.45) is 0. The van der Waals surface area contributed by atoms with Gasteiger partial charge >= 0.3 is 0 Å². The number of ketones is 1. The predicted octanol–water partition coefficient (Wildman–Crippen LogP) is 6.54. The molecule has 2 nitrogen and oxygen atoms in total. The van der Waals surface area contributed by atoms with Crippen LogP contribution in [0.1, 0.15) is 19.4 Å². The average molecular weight is 352 g/mol. The van der Waals surface area contributed by atoms with Crippen molar-refractivity contribution in [2.75, 3.05) is 0 Å². The van der Waals surface area contributed by atoms with Gasteiger partial charge in [0.05, 0.1) is 5.57 Å². The minimum Gasteiger partial charge on any atom is -0.512 e. The van der Waals surface area contributed by atoms with E-state index in [0.717, 1.165) is 38.2 Å². The second-order valence-corrected chi connectivity index (χ2v) is 6.72. The van der Waals surface area contributed by atoms with Gasteiger partial charge in [-0.2, -0.15) is 0 Å². The molecule has 0 aliphatic carbocycles. The second kappa shape index (κ2) is 6.73. The Bertz CT molecular complexity index is 1140. The maximum absolute atomic E-state index is 12.4.